The van der Waals surface area contributed by atoms with Crippen molar-refractivity contribution in [2.45, 2.75) is 11.1 Å². The summed E-state index contributed by atoms with van der Waals surface area (Å²) in [7, 11) is -4.15. The van der Waals surface area contributed by atoms with Gasteiger partial charge in [0, 0.05) is 0 Å². The van der Waals surface area contributed by atoms with Crippen molar-refractivity contribution in [1.82, 2.24) is 10.3 Å². The third-order valence-corrected chi connectivity index (χ3v) is 4.67. The quantitative estimate of drug-likeness (QED) is 0.832. The molecule has 0 fully saturated rings. The molecule has 22 heavy (non-hydrogen) atoms. The summed E-state index contributed by atoms with van der Waals surface area (Å²) in [5.74, 6) is -0.662. The zero-order valence-corrected chi connectivity index (χ0v) is 12.3. The van der Waals surface area contributed by atoms with Gasteiger partial charge in [-0.25, -0.2) is 8.42 Å². The first-order chi connectivity index (χ1) is 10.2. The van der Waals surface area contributed by atoms with Crippen molar-refractivity contribution in [1.29, 1.82) is 0 Å². The van der Waals surface area contributed by atoms with Crippen LogP contribution in [-0.2, 0) is 16.2 Å². The predicted molar refractivity (Wildman–Crippen MR) is 73.6 cm³/mol. The minimum absolute atomic E-state index is 0.287. The number of halogens is 3. The van der Waals surface area contributed by atoms with Gasteiger partial charge in [-0.2, -0.15) is 13.2 Å². The van der Waals surface area contributed by atoms with Gasteiger partial charge in [0.15, 0.2) is 0 Å². The number of carbonyl (C=O) groups is 1. The first kappa shape index (κ1) is 16.5. The van der Waals surface area contributed by atoms with Crippen LogP contribution in [-0.4, -0.2) is 14.3 Å². The Balaban J connectivity index is 2.09. The number of rotatable bonds is 4. The maximum Gasteiger partial charge on any atom is 0.416 e. The highest BCUT2D eigenvalue weighted by Crippen LogP contribution is 2.29. The minimum atomic E-state index is -4.55. The number of nitrogens with one attached hydrogen (secondary N) is 2. The van der Waals surface area contributed by atoms with Crippen LogP contribution >= 0.6 is 11.3 Å². The fourth-order valence-electron chi connectivity index (χ4n) is 1.46. The number of hydrogen-bond acceptors (Lipinski definition) is 4. The van der Waals surface area contributed by atoms with Gasteiger partial charge in [0.25, 0.3) is 15.9 Å². The van der Waals surface area contributed by atoms with Crippen molar-refractivity contribution in [3.63, 3.8) is 0 Å². The molecular weight excluding hydrogens is 341 g/mol. The lowest BCUT2D eigenvalue weighted by molar-refractivity contribution is -0.137. The summed E-state index contributed by atoms with van der Waals surface area (Å²) in [5, 5.41) is 1.64. The van der Waals surface area contributed by atoms with E-state index in [1.54, 1.807) is 11.4 Å². The molecule has 2 N–H and O–H groups in total. The van der Waals surface area contributed by atoms with Crippen LogP contribution in [0.3, 0.4) is 0 Å². The minimum Gasteiger partial charge on any atom is -0.273 e. The van der Waals surface area contributed by atoms with Crippen molar-refractivity contribution < 1.29 is 26.4 Å². The Bertz CT molecular complexity index is 754. The van der Waals surface area contributed by atoms with E-state index in [4.69, 9.17) is 0 Å². The number of thiophene rings is 1. The summed E-state index contributed by atoms with van der Waals surface area (Å²) >= 11 is 1.11. The Morgan fingerprint density at radius 1 is 1.09 bits per heavy atom. The maximum absolute atomic E-state index is 12.4. The van der Waals surface area contributed by atoms with Crippen LogP contribution in [0.25, 0.3) is 0 Å². The third-order valence-electron chi connectivity index (χ3n) is 2.54. The fraction of sp³-hybridized carbons (Fsp3) is 0.0833. The molecule has 0 unspecified atom stereocenters. The van der Waals surface area contributed by atoms with Crippen molar-refractivity contribution >= 4 is 27.3 Å². The monoisotopic (exact) mass is 350 g/mol. The molecule has 1 heterocycles. The molecule has 1 aromatic heterocycles. The number of hydrogen-bond donors (Lipinski definition) is 2. The molecule has 1 aromatic carbocycles. The van der Waals surface area contributed by atoms with Gasteiger partial charge in [0.05, 0.1) is 15.3 Å². The summed E-state index contributed by atoms with van der Waals surface area (Å²) in [6.07, 6.45) is -4.55. The largest absolute Gasteiger partial charge is 0.416 e. The van der Waals surface area contributed by atoms with Crippen LogP contribution in [0.5, 0.6) is 0 Å². The highest BCUT2D eigenvalue weighted by atomic mass is 32.2. The number of alkyl halides is 3. The van der Waals surface area contributed by atoms with Gasteiger partial charge in [-0.1, -0.05) is 6.07 Å². The molecule has 2 aromatic rings. The zero-order chi connectivity index (χ0) is 16.4. The van der Waals surface area contributed by atoms with E-state index < -0.39 is 32.6 Å². The van der Waals surface area contributed by atoms with Gasteiger partial charge in [-0.15, -0.1) is 16.2 Å². The Morgan fingerprint density at radius 2 is 1.73 bits per heavy atom. The summed E-state index contributed by atoms with van der Waals surface area (Å²) in [4.78, 5) is 13.3. The van der Waals surface area contributed by atoms with E-state index in [2.05, 4.69) is 0 Å². The molecule has 2 rings (SSSR count). The van der Waals surface area contributed by atoms with E-state index >= 15 is 0 Å². The lowest BCUT2D eigenvalue weighted by Gasteiger charge is -2.09. The molecule has 0 saturated carbocycles. The second-order valence-corrected chi connectivity index (χ2v) is 6.69. The van der Waals surface area contributed by atoms with Crippen LogP contribution in [0.15, 0.2) is 46.7 Å². The number of sulfonamides is 1. The van der Waals surface area contributed by atoms with E-state index in [0.29, 0.717) is 12.1 Å². The molecule has 10 heteroatoms. The van der Waals surface area contributed by atoms with Crippen LogP contribution in [0, 0.1) is 0 Å². The van der Waals surface area contributed by atoms with Gasteiger partial charge >= 0.3 is 6.18 Å². The van der Waals surface area contributed by atoms with E-state index in [0.717, 1.165) is 23.5 Å². The summed E-state index contributed by atoms with van der Waals surface area (Å²) in [6, 6.07) is 6.02. The summed E-state index contributed by atoms with van der Waals surface area (Å²) < 4.78 is 60.9. The molecular formula is C12H9F3N2O3S2. The van der Waals surface area contributed by atoms with Gasteiger partial charge in [-0.05, 0) is 35.7 Å². The lowest BCUT2D eigenvalue weighted by Crippen LogP contribution is -2.41. The van der Waals surface area contributed by atoms with Crippen LogP contribution < -0.4 is 10.3 Å². The SMILES string of the molecule is O=C(NNS(=O)(=O)c1ccc(C(F)(F)F)cc1)c1cccs1. The molecule has 0 aliphatic carbocycles. The first-order valence-electron chi connectivity index (χ1n) is 5.73. The van der Waals surface area contributed by atoms with Crippen molar-refractivity contribution in [2.24, 2.45) is 0 Å². The Morgan fingerprint density at radius 3 is 2.23 bits per heavy atom. The van der Waals surface area contributed by atoms with Gasteiger partial charge in [0.2, 0.25) is 0 Å². The van der Waals surface area contributed by atoms with Crippen molar-refractivity contribution in [2.75, 3.05) is 0 Å². The number of carbonyl (C=O) groups excluding carboxylic acids is 1. The third kappa shape index (κ3) is 3.84. The molecule has 0 spiro atoms. The van der Waals surface area contributed by atoms with Gasteiger partial charge < -0.3 is 0 Å². The number of benzene rings is 1. The fourth-order valence-corrected chi connectivity index (χ4v) is 2.92. The van der Waals surface area contributed by atoms with E-state index in [1.165, 1.54) is 6.07 Å². The normalized spacial score (nSPS) is 12.1. The standard InChI is InChI=1S/C12H9F3N2O3S2/c13-12(14,15)8-3-5-9(6-4-8)22(19,20)17-16-11(18)10-2-1-7-21-10/h1-7,17H,(H,16,18). The zero-order valence-electron chi connectivity index (χ0n) is 10.7. The first-order valence-corrected chi connectivity index (χ1v) is 8.09. The van der Waals surface area contributed by atoms with E-state index in [-0.39, 0.29) is 4.88 Å². The second-order valence-electron chi connectivity index (χ2n) is 4.06. The average Bonchev–Trinajstić information content (AvgIpc) is 2.98. The number of hydrazine groups is 1. The topological polar surface area (TPSA) is 75.3 Å². The van der Waals surface area contributed by atoms with E-state index in [9.17, 15) is 26.4 Å². The summed E-state index contributed by atoms with van der Waals surface area (Å²) in [6.45, 7) is 0. The van der Waals surface area contributed by atoms with Crippen LogP contribution in [0.2, 0.25) is 0 Å². The molecule has 1 amide bonds. The molecule has 5 nitrogen and oxygen atoms in total. The van der Waals surface area contributed by atoms with E-state index in [1.807, 2.05) is 10.3 Å². The van der Waals surface area contributed by atoms with Crippen LogP contribution in [0.1, 0.15) is 15.2 Å². The predicted octanol–water partition coefficient (Wildman–Crippen LogP) is 2.39. The number of amides is 1. The van der Waals surface area contributed by atoms with Crippen LogP contribution in [0.4, 0.5) is 13.2 Å². The second kappa shape index (κ2) is 6.07. The molecule has 0 aliphatic heterocycles. The Labute approximate surface area is 127 Å². The summed E-state index contributed by atoms with van der Waals surface area (Å²) in [5.41, 5.74) is 1.02. The average molecular weight is 350 g/mol. The van der Waals surface area contributed by atoms with Crippen molar-refractivity contribution in [3.05, 3.63) is 52.2 Å². The Kier molecular flexibility index (Phi) is 4.54. The molecule has 0 bridgehead atoms. The highest BCUT2D eigenvalue weighted by Gasteiger charge is 2.30. The Hall–Kier alpha value is -1.91. The van der Waals surface area contributed by atoms with Crippen molar-refractivity contribution in [3.8, 4) is 0 Å². The lowest BCUT2D eigenvalue weighted by atomic mass is 10.2. The highest BCUT2D eigenvalue weighted by molar-refractivity contribution is 7.89. The molecule has 118 valence electrons. The molecule has 0 atom stereocenters. The molecule has 0 aliphatic rings. The van der Waals surface area contributed by atoms with Gasteiger partial charge in [0.1, 0.15) is 0 Å². The molecule has 0 radical (unpaired) electrons. The van der Waals surface area contributed by atoms with Gasteiger partial charge in [-0.3, -0.25) is 10.2 Å². The maximum atomic E-state index is 12.4. The smallest absolute Gasteiger partial charge is 0.273 e. The molecule has 0 saturated heterocycles.